The molecule has 0 N–H and O–H groups in total. The summed E-state index contributed by atoms with van der Waals surface area (Å²) >= 11 is 0. The molecule has 0 heterocycles. The van der Waals surface area contributed by atoms with Crippen LogP contribution in [0.1, 0.15) is 16.7 Å². The Kier molecular flexibility index (Phi) is 6.95. The molecule has 0 amide bonds. The molecule has 0 saturated heterocycles. The van der Waals surface area contributed by atoms with Crippen LogP contribution in [-0.2, 0) is 6.18 Å². The van der Waals surface area contributed by atoms with Gasteiger partial charge in [0.1, 0.15) is 0 Å². The Bertz CT molecular complexity index is 276. The maximum Gasteiger partial charge on any atom is 2.00 e. The normalized spacial score (nSPS) is 10.0. The summed E-state index contributed by atoms with van der Waals surface area (Å²) in [6.07, 6.45) is -4.27. The molecule has 0 aliphatic heterocycles. The van der Waals surface area contributed by atoms with Gasteiger partial charge in [-0.15, -0.1) is 5.56 Å². The second-order valence-corrected chi connectivity index (χ2v) is 2.71. The van der Waals surface area contributed by atoms with Crippen molar-refractivity contribution in [2.45, 2.75) is 13.1 Å². The van der Waals surface area contributed by atoms with Crippen LogP contribution in [0, 0.1) is 13.8 Å². The van der Waals surface area contributed by atoms with Crippen LogP contribution < -0.4 is 17.0 Å². The van der Waals surface area contributed by atoms with E-state index in [1.54, 1.807) is 13.0 Å². The summed E-state index contributed by atoms with van der Waals surface area (Å²) in [6, 6.07) is 3.75. The average Bonchev–Trinajstić information content (AvgIpc) is 1.82. The zero-order valence-corrected chi connectivity index (χ0v) is 10.7. The molecule has 1 rings (SSSR count). The SMILES string of the molecule is [Br-].[CH2-]c1cc(C)cc(C(F)(F)F)c1.[Mg+2]. The zero-order valence-electron chi connectivity index (χ0n) is 7.66. The molecule has 0 unspecified atom stereocenters. The number of rotatable bonds is 0. The fourth-order valence-corrected chi connectivity index (χ4v) is 1.03. The predicted molar refractivity (Wildman–Crippen MR) is 46.4 cm³/mol. The molecular formula is C9H8BrF3Mg. The smallest absolute Gasteiger partial charge is 1.00 e. The fraction of sp³-hybridized carbons (Fsp3) is 0.222. The standard InChI is InChI=1S/C9H8F3.BrH.Mg/c1-6-3-7(2)5-8(4-6)9(10,11)12;;/h3-5H,1H2,2H3;1H;/q-1;;+2/p-1. The van der Waals surface area contributed by atoms with Crippen molar-refractivity contribution in [3.63, 3.8) is 0 Å². The van der Waals surface area contributed by atoms with E-state index in [1.165, 1.54) is 0 Å². The zero-order chi connectivity index (χ0) is 9.35. The topological polar surface area (TPSA) is 0 Å². The van der Waals surface area contributed by atoms with E-state index in [-0.39, 0.29) is 40.0 Å². The van der Waals surface area contributed by atoms with E-state index in [0.717, 1.165) is 12.1 Å². The van der Waals surface area contributed by atoms with Crippen LogP contribution in [0.2, 0.25) is 0 Å². The summed E-state index contributed by atoms with van der Waals surface area (Å²) in [6.45, 7) is 5.07. The third kappa shape index (κ3) is 4.57. The van der Waals surface area contributed by atoms with E-state index in [1.807, 2.05) is 0 Å². The van der Waals surface area contributed by atoms with Gasteiger partial charge in [0.05, 0.1) is 0 Å². The molecule has 0 aromatic heterocycles. The quantitative estimate of drug-likeness (QED) is 0.456. The Labute approximate surface area is 108 Å². The Hall–Kier alpha value is 0.126. The van der Waals surface area contributed by atoms with E-state index in [9.17, 15) is 13.2 Å². The Balaban J connectivity index is 0. The molecule has 0 aliphatic rings. The van der Waals surface area contributed by atoms with E-state index >= 15 is 0 Å². The van der Waals surface area contributed by atoms with Gasteiger partial charge in [-0.25, -0.2) is 0 Å². The van der Waals surface area contributed by atoms with Gasteiger partial charge in [-0.05, 0) is 5.56 Å². The molecule has 0 spiro atoms. The molecule has 0 bridgehead atoms. The van der Waals surface area contributed by atoms with Crippen LogP contribution in [0.5, 0.6) is 0 Å². The fourth-order valence-electron chi connectivity index (χ4n) is 1.03. The van der Waals surface area contributed by atoms with Crippen molar-refractivity contribution in [3.05, 3.63) is 41.8 Å². The summed E-state index contributed by atoms with van der Waals surface area (Å²) in [4.78, 5) is 0. The van der Waals surface area contributed by atoms with Crippen molar-refractivity contribution in [1.82, 2.24) is 0 Å². The van der Waals surface area contributed by atoms with E-state index in [2.05, 4.69) is 6.92 Å². The Morgan fingerprint density at radius 3 is 2.00 bits per heavy atom. The minimum atomic E-state index is -4.27. The molecule has 14 heavy (non-hydrogen) atoms. The van der Waals surface area contributed by atoms with Crippen LogP contribution in [0.15, 0.2) is 18.2 Å². The molecule has 5 heteroatoms. The minimum Gasteiger partial charge on any atom is -1.00 e. The van der Waals surface area contributed by atoms with Gasteiger partial charge in [-0.2, -0.15) is 37.8 Å². The van der Waals surface area contributed by atoms with Gasteiger partial charge in [-0.1, -0.05) is 13.0 Å². The first-order chi connectivity index (χ1) is 5.39. The molecule has 0 fully saturated rings. The Morgan fingerprint density at radius 2 is 1.64 bits per heavy atom. The van der Waals surface area contributed by atoms with Crippen molar-refractivity contribution in [1.29, 1.82) is 0 Å². The summed E-state index contributed by atoms with van der Waals surface area (Å²) in [5.74, 6) is 0. The predicted octanol–water partition coefficient (Wildman–Crippen LogP) is -0.181. The van der Waals surface area contributed by atoms with Gasteiger partial charge in [0.2, 0.25) is 0 Å². The maximum atomic E-state index is 12.1. The monoisotopic (exact) mass is 276 g/mol. The number of hydrogen-bond acceptors (Lipinski definition) is 0. The third-order valence-corrected chi connectivity index (χ3v) is 1.46. The number of aryl methyl sites for hydroxylation is 1. The molecule has 0 atom stereocenters. The summed E-state index contributed by atoms with van der Waals surface area (Å²) in [5, 5.41) is 0. The number of benzene rings is 1. The first kappa shape index (κ1) is 16.6. The van der Waals surface area contributed by atoms with Gasteiger partial charge >= 0.3 is 29.2 Å². The van der Waals surface area contributed by atoms with Gasteiger partial charge in [0, 0.05) is 0 Å². The average molecular weight is 277 g/mol. The van der Waals surface area contributed by atoms with Crippen molar-refractivity contribution in [2.75, 3.05) is 0 Å². The molecule has 0 saturated carbocycles. The molecule has 74 valence electrons. The molecule has 0 nitrogen and oxygen atoms in total. The first-order valence-corrected chi connectivity index (χ1v) is 3.40. The van der Waals surface area contributed by atoms with Crippen LogP contribution in [-0.4, -0.2) is 23.1 Å². The summed E-state index contributed by atoms with van der Waals surface area (Å²) in [5.41, 5.74) is 0.338. The van der Waals surface area contributed by atoms with Crippen LogP contribution >= 0.6 is 0 Å². The van der Waals surface area contributed by atoms with Gasteiger partial charge in [-0.3, -0.25) is 0 Å². The molecule has 0 aliphatic carbocycles. The van der Waals surface area contributed by atoms with E-state index in [4.69, 9.17) is 0 Å². The largest absolute Gasteiger partial charge is 2.00 e. The molecule has 0 radical (unpaired) electrons. The van der Waals surface area contributed by atoms with E-state index < -0.39 is 11.7 Å². The summed E-state index contributed by atoms with van der Waals surface area (Å²) < 4.78 is 36.4. The van der Waals surface area contributed by atoms with Gasteiger partial charge < -0.3 is 17.0 Å². The van der Waals surface area contributed by atoms with Crippen molar-refractivity contribution in [2.24, 2.45) is 0 Å². The van der Waals surface area contributed by atoms with Crippen LogP contribution in [0.4, 0.5) is 13.2 Å². The van der Waals surface area contributed by atoms with Crippen LogP contribution in [0.3, 0.4) is 0 Å². The molecule has 1 aromatic rings. The van der Waals surface area contributed by atoms with Crippen molar-refractivity contribution in [3.8, 4) is 0 Å². The second kappa shape index (κ2) is 5.87. The van der Waals surface area contributed by atoms with Gasteiger partial charge in [0.15, 0.2) is 0 Å². The number of alkyl halides is 3. The van der Waals surface area contributed by atoms with Crippen LogP contribution in [0.25, 0.3) is 0 Å². The number of hydrogen-bond donors (Lipinski definition) is 0. The van der Waals surface area contributed by atoms with Crippen molar-refractivity contribution < 1.29 is 30.2 Å². The minimum absolute atomic E-state index is 0. The molecule has 1 aromatic carbocycles. The van der Waals surface area contributed by atoms with E-state index in [0.29, 0.717) is 11.1 Å². The Morgan fingerprint density at radius 1 is 1.14 bits per heavy atom. The molecular weight excluding hydrogens is 269 g/mol. The maximum absolute atomic E-state index is 12.1. The van der Waals surface area contributed by atoms with Crippen molar-refractivity contribution >= 4 is 23.1 Å². The first-order valence-electron chi connectivity index (χ1n) is 3.40. The second-order valence-electron chi connectivity index (χ2n) is 2.71. The number of halogens is 4. The summed E-state index contributed by atoms with van der Waals surface area (Å²) in [7, 11) is 0. The third-order valence-electron chi connectivity index (χ3n) is 1.46. The van der Waals surface area contributed by atoms with Gasteiger partial charge in [0.25, 0.3) is 0 Å².